The molecule has 2 unspecified atom stereocenters. The van der Waals surface area contributed by atoms with Gasteiger partial charge in [-0.05, 0) is 25.9 Å². The van der Waals surface area contributed by atoms with Gasteiger partial charge in [0.05, 0.1) is 0 Å². The summed E-state index contributed by atoms with van der Waals surface area (Å²) in [6.07, 6.45) is 1.61. The fraction of sp³-hybridized carbons (Fsp3) is 0.875. The smallest absolute Gasteiger partial charge is 0.320 e. The van der Waals surface area contributed by atoms with E-state index in [0.717, 1.165) is 19.5 Å². The van der Waals surface area contributed by atoms with Gasteiger partial charge in [-0.3, -0.25) is 4.79 Å². The SMILES string of the molecule is NCCCNC1CNC(C(=O)O)C1. The van der Waals surface area contributed by atoms with Crippen LogP contribution in [-0.4, -0.2) is 42.8 Å². The summed E-state index contributed by atoms with van der Waals surface area (Å²) in [4.78, 5) is 10.6. The molecule has 76 valence electrons. The molecular weight excluding hydrogens is 170 g/mol. The molecule has 5 nitrogen and oxygen atoms in total. The van der Waals surface area contributed by atoms with E-state index >= 15 is 0 Å². The molecule has 0 aromatic heterocycles. The maximum atomic E-state index is 10.6. The van der Waals surface area contributed by atoms with Gasteiger partial charge in [0.25, 0.3) is 0 Å². The Morgan fingerprint density at radius 1 is 1.69 bits per heavy atom. The highest BCUT2D eigenvalue weighted by atomic mass is 16.4. The van der Waals surface area contributed by atoms with E-state index in [-0.39, 0.29) is 12.1 Å². The maximum absolute atomic E-state index is 10.6. The molecule has 1 aliphatic rings. The molecule has 1 fully saturated rings. The van der Waals surface area contributed by atoms with Gasteiger partial charge in [0.15, 0.2) is 0 Å². The van der Waals surface area contributed by atoms with Crippen molar-refractivity contribution in [2.45, 2.75) is 24.9 Å². The van der Waals surface area contributed by atoms with Crippen molar-refractivity contribution in [1.29, 1.82) is 0 Å². The zero-order chi connectivity index (χ0) is 9.68. The van der Waals surface area contributed by atoms with E-state index in [1.807, 2.05) is 0 Å². The van der Waals surface area contributed by atoms with E-state index < -0.39 is 5.97 Å². The molecule has 0 bridgehead atoms. The van der Waals surface area contributed by atoms with Crippen LogP contribution in [0.3, 0.4) is 0 Å². The highest BCUT2D eigenvalue weighted by molar-refractivity contribution is 5.73. The summed E-state index contributed by atoms with van der Waals surface area (Å²) >= 11 is 0. The van der Waals surface area contributed by atoms with Gasteiger partial charge in [0.1, 0.15) is 6.04 Å². The minimum Gasteiger partial charge on any atom is -0.480 e. The van der Waals surface area contributed by atoms with Crippen molar-refractivity contribution in [2.75, 3.05) is 19.6 Å². The van der Waals surface area contributed by atoms with Gasteiger partial charge in [0.2, 0.25) is 0 Å². The number of hydrogen-bond donors (Lipinski definition) is 4. The van der Waals surface area contributed by atoms with Gasteiger partial charge in [-0.25, -0.2) is 0 Å². The first-order chi connectivity index (χ1) is 6.24. The third kappa shape index (κ3) is 3.30. The van der Waals surface area contributed by atoms with Gasteiger partial charge in [-0.2, -0.15) is 0 Å². The Bertz CT molecular complexity index is 175. The number of carboxylic acids is 1. The molecule has 0 saturated carbocycles. The second kappa shape index (κ2) is 5.16. The van der Waals surface area contributed by atoms with E-state index in [1.165, 1.54) is 0 Å². The summed E-state index contributed by atoms with van der Waals surface area (Å²) < 4.78 is 0. The summed E-state index contributed by atoms with van der Waals surface area (Å²) in [6, 6.07) is -0.0944. The van der Waals surface area contributed by atoms with Crippen molar-refractivity contribution in [3.05, 3.63) is 0 Å². The summed E-state index contributed by atoms with van der Waals surface area (Å²) in [7, 11) is 0. The van der Waals surface area contributed by atoms with E-state index in [0.29, 0.717) is 13.0 Å². The summed E-state index contributed by atoms with van der Waals surface area (Å²) in [5.41, 5.74) is 5.34. The average Bonchev–Trinajstić information content (AvgIpc) is 2.53. The number of nitrogens with one attached hydrogen (secondary N) is 2. The molecule has 5 N–H and O–H groups in total. The number of aliphatic carboxylic acids is 1. The molecule has 5 heteroatoms. The molecule has 1 saturated heterocycles. The van der Waals surface area contributed by atoms with Crippen LogP contribution in [0.4, 0.5) is 0 Å². The summed E-state index contributed by atoms with van der Waals surface area (Å²) in [5.74, 6) is -0.761. The average molecular weight is 187 g/mol. The van der Waals surface area contributed by atoms with Gasteiger partial charge >= 0.3 is 5.97 Å². The minimum absolute atomic E-state index is 0.285. The Kier molecular flexibility index (Phi) is 4.14. The number of rotatable bonds is 5. The molecule has 0 aromatic carbocycles. The van der Waals surface area contributed by atoms with Gasteiger partial charge < -0.3 is 21.5 Å². The van der Waals surface area contributed by atoms with Crippen LogP contribution < -0.4 is 16.4 Å². The van der Waals surface area contributed by atoms with Crippen LogP contribution in [0.15, 0.2) is 0 Å². The lowest BCUT2D eigenvalue weighted by Gasteiger charge is -2.09. The zero-order valence-electron chi connectivity index (χ0n) is 7.62. The second-order valence-corrected chi connectivity index (χ2v) is 3.33. The Morgan fingerprint density at radius 2 is 2.46 bits per heavy atom. The third-order valence-corrected chi connectivity index (χ3v) is 2.24. The van der Waals surface area contributed by atoms with E-state index in [2.05, 4.69) is 10.6 Å². The molecule has 0 amide bonds. The molecule has 1 rings (SSSR count). The normalized spacial score (nSPS) is 27.8. The topological polar surface area (TPSA) is 87.4 Å². The number of carbonyl (C=O) groups is 1. The third-order valence-electron chi connectivity index (χ3n) is 2.24. The van der Waals surface area contributed by atoms with Crippen molar-refractivity contribution in [3.8, 4) is 0 Å². The molecule has 1 heterocycles. The lowest BCUT2D eigenvalue weighted by Crippen LogP contribution is -2.32. The van der Waals surface area contributed by atoms with Crippen molar-refractivity contribution in [3.63, 3.8) is 0 Å². The quantitative estimate of drug-likeness (QED) is 0.404. The molecule has 0 spiro atoms. The van der Waals surface area contributed by atoms with Gasteiger partial charge in [0, 0.05) is 12.6 Å². The first-order valence-corrected chi connectivity index (χ1v) is 4.63. The Balaban J connectivity index is 2.14. The van der Waals surface area contributed by atoms with Gasteiger partial charge in [-0.15, -0.1) is 0 Å². The predicted octanol–water partition coefficient (Wildman–Crippen LogP) is -1.26. The summed E-state index contributed by atoms with van der Waals surface area (Å²) in [5, 5.41) is 14.9. The molecule has 1 aliphatic heterocycles. The largest absolute Gasteiger partial charge is 0.480 e. The lowest BCUT2D eigenvalue weighted by atomic mass is 10.2. The first kappa shape index (κ1) is 10.4. The molecule has 0 aliphatic carbocycles. The molecule has 2 atom stereocenters. The molecule has 0 radical (unpaired) electrons. The molecule has 0 aromatic rings. The van der Waals surface area contributed by atoms with Crippen molar-refractivity contribution < 1.29 is 9.90 Å². The van der Waals surface area contributed by atoms with Gasteiger partial charge in [-0.1, -0.05) is 0 Å². The fourth-order valence-electron chi connectivity index (χ4n) is 1.49. The Labute approximate surface area is 77.7 Å². The van der Waals surface area contributed by atoms with Crippen LogP contribution in [0.25, 0.3) is 0 Å². The molecule has 13 heavy (non-hydrogen) atoms. The van der Waals surface area contributed by atoms with Crippen LogP contribution in [-0.2, 0) is 4.79 Å². The first-order valence-electron chi connectivity index (χ1n) is 4.63. The van der Waals surface area contributed by atoms with Crippen LogP contribution in [0.1, 0.15) is 12.8 Å². The van der Waals surface area contributed by atoms with Crippen molar-refractivity contribution >= 4 is 5.97 Å². The lowest BCUT2D eigenvalue weighted by molar-refractivity contribution is -0.139. The van der Waals surface area contributed by atoms with Crippen LogP contribution in [0.5, 0.6) is 0 Å². The minimum atomic E-state index is -0.761. The number of nitrogens with two attached hydrogens (primary N) is 1. The summed E-state index contributed by atoms with van der Waals surface area (Å²) in [6.45, 7) is 2.28. The van der Waals surface area contributed by atoms with E-state index in [4.69, 9.17) is 10.8 Å². The number of carboxylic acid groups (broad SMARTS) is 1. The van der Waals surface area contributed by atoms with Crippen LogP contribution >= 0.6 is 0 Å². The Morgan fingerprint density at radius 3 is 3.00 bits per heavy atom. The molecular formula is C8H17N3O2. The fourth-order valence-corrected chi connectivity index (χ4v) is 1.49. The maximum Gasteiger partial charge on any atom is 0.320 e. The standard InChI is InChI=1S/C8H17N3O2/c9-2-1-3-10-6-4-7(8(12)13)11-5-6/h6-7,10-11H,1-5,9H2,(H,12,13). The predicted molar refractivity (Wildman–Crippen MR) is 49.5 cm³/mol. The number of hydrogen-bond acceptors (Lipinski definition) is 4. The second-order valence-electron chi connectivity index (χ2n) is 3.33. The highest BCUT2D eigenvalue weighted by Crippen LogP contribution is 2.06. The highest BCUT2D eigenvalue weighted by Gasteiger charge is 2.28. The Hall–Kier alpha value is -0.650. The van der Waals surface area contributed by atoms with E-state index in [9.17, 15) is 4.79 Å². The monoisotopic (exact) mass is 187 g/mol. The van der Waals surface area contributed by atoms with Crippen LogP contribution in [0.2, 0.25) is 0 Å². The zero-order valence-corrected chi connectivity index (χ0v) is 7.62. The van der Waals surface area contributed by atoms with E-state index in [1.54, 1.807) is 0 Å². The van der Waals surface area contributed by atoms with Crippen LogP contribution in [0, 0.1) is 0 Å². The van der Waals surface area contributed by atoms with Crippen molar-refractivity contribution in [2.24, 2.45) is 5.73 Å². The van der Waals surface area contributed by atoms with Crippen molar-refractivity contribution in [1.82, 2.24) is 10.6 Å².